The number of aromatic nitrogens is 2. The summed E-state index contributed by atoms with van der Waals surface area (Å²) in [6.45, 7) is 1.08. The average Bonchev–Trinajstić information content (AvgIpc) is 3.10. The van der Waals surface area contributed by atoms with Crippen LogP contribution in [0.4, 0.5) is 5.95 Å². The molecule has 1 aromatic carbocycles. The summed E-state index contributed by atoms with van der Waals surface area (Å²) in [7, 11) is 1.53. The third-order valence-corrected chi connectivity index (χ3v) is 5.00. The van der Waals surface area contributed by atoms with Crippen molar-refractivity contribution in [3.63, 3.8) is 0 Å². The lowest BCUT2D eigenvalue weighted by molar-refractivity contribution is -0.149. The third kappa shape index (κ3) is 2.29. The van der Waals surface area contributed by atoms with Crippen LogP contribution in [0.3, 0.4) is 0 Å². The maximum absolute atomic E-state index is 13.2. The first-order chi connectivity index (χ1) is 11.7. The summed E-state index contributed by atoms with van der Waals surface area (Å²) in [5.41, 5.74) is -0.452. The molecular formula is C17H16N4O2S. The maximum Gasteiger partial charge on any atom is 0.281 e. The van der Waals surface area contributed by atoms with E-state index in [-0.39, 0.29) is 5.91 Å². The Hall–Kier alpha value is -2.35. The number of fused-ring (bicyclic) bond motifs is 1. The fourth-order valence-electron chi connectivity index (χ4n) is 2.95. The Morgan fingerprint density at radius 1 is 1.29 bits per heavy atom. The molecular weight excluding hydrogens is 324 g/mol. The monoisotopic (exact) mass is 340 g/mol. The van der Waals surface area contributed by atoms with Crippen molar-refractivity contribution in [3.05, 3.63) is 53.5 Å². The van der Waals surface area contributed by atoms with Gasteiger partial charge in [0.1, 0.15) is 4.83 Å². The number of ether oxygens (including phenoxy) is 1. The molecule has 2 aromatic heterocycles. The standard InChI is InChI=1S/C17H16N4O2S/c1-23-17(13-5-3-2-4-6-13)15(22)21(9-8-19-17)16-18-11-12-7-10-24-14(12)20-16/h2-7,10-11,19H,8-9H2,1H3. The highest BCUT2D eigenvalue weighted by Crippen LogP contribution is 2.29. The summed E-state index contributed by atoms with van der Waals surface area (Å²) < 4.78 is 5.65. The molecule has 0 saturated carbocycles. The minimum absolute atomic E-state index is 0.210. The van der Waals surface area contributed by atoms with Crippen molar-refractivity contribution in [3.8, 4) is 0 Å². The van der Waals surface area contributed by atoms with Crippen molar-refractivity contribution in [1.29, 1.82) is 0 Å². The molecule has 0 spiro atoms. The fourth-order valence-corrected chi connectivity index (χ4v) is 3.69. The lowest BCUT2D eigenvalue weighted by atomic mass is 9.99. The molecule has 4 rings (SSSR count). The van der Waals surface area contributed by atoms with E-state index in [0.29, 0.717) is 19.0 Å². The van der Waals surface area contributed by atoms with E-state index in [4.69, 9.17) is 4.74 Å². The molecule has 1 aliphatic heterocycles. The third-order valence-electron chi connectivity index (χ3n) is 4.18. The van der Waals surface area contributed by atoms with Gasteiger partial charge < -0.3 is 4.74 Å². The van der Waals surface area contributed by atoms with Crippen LogP contribution in [0.15, 0.2) is 48.0 Å². The number of thiophene rings is 1. The molecule has 24 heavy (non-hydrogen) atoms. The van der Waals surface area contributed by atoms with E-state index in [1.165, 1.54) is 18.4 Å². The number of nitrogens with zero attached hydrogens (tertiary/aromatic N) is 3. The molecule has 1 unspecified atom stereocenters. The fraction of sp³-hybridized carbons (Fsp3) is 0.235. The zero-order valence-electron chi connectivity index (χ0n) is 13.1. The van der Waals surface area contributed by atoms with E-state index in [9.17, 15) is 4.79 Å². The predicted molar refractivity (Wildman–Crippen MR) is 92.9 cm³/mol. The summed E-state index contributed by atoms with van der Waals surface area (Å²) in [5.74, 6) is 0.201. The van der Waals surface area contributed by atoms with Crippen LogP contribution in [0.1, 0.15) is 5.56 Å². The summed E-state index contributed by atoms with van der Waals surface area (Å²) in [5, 5.41) is 6.16. The number of carbonyl (C=O) groups is 1. The Morgan fingerprint density at radius 3 is 2.92 bits per heavy atom. The van der Waals surface area contributed by atoms with E-state index in [1.54, 1.807) is 11.1 Å². The van der Waals surface area contributed by atoms with Gasteiger partial charge in [0.25, 0.3) is 5.91 Å². The number of benzene rings is 1. The minimum atomic E-state index is -1.22. The lowest BCUT2D eigenvalue weighted by Crippen LogP contribution is -2.63. The SMILES string of the molecule is COC1(c2ccccc2)NCCN(c2ncc3ccsc3n2)C1=O. The van der Waals surface area contributed by atoms with Crippen molar-refractivity contribution in [2.75, 3.05) is 25.1 Å². The highest BCUT2D eigenvalue weighted by molar-refractivity contribution is 7.16. The second-order valence-corrected chi connectivity index (χ2v) is 6.38. The summed E-state index contributed by atoms with van der Waals surface area (Å²) in [6.07, 6.45) is 1.75. The molecule has 1 N–H and O–H groups in total. The van der Waals surface area contributed by atoms with Gasteiger partial charge in [-0.3, -0.25) is 15.0 Å². The van der Waals surface area contributed by atoms with Gasteiger partial charge >= 0.3 is 0 Å². The number of anilines is 1. The zero-order valence-corrected chi connectivity index (χ0v) is 13.9. The molecule has 1 atom stereocenters. The second-order valence-electron chi connectivity index (χ2n) is 5.49. The Labute approximate surface area is 143 Å². The van der Waals surface area contributed by atoms with Crippen LogP contribution >= 0.6 is 11.3 Å². The topological polar surface area (TPSA) is 67.3 Å². The van der Waals surface area contributed by atoms with Gasteiger partial charge in [-0.1, -0.05) is 30.3 Å². The quantitative estimate of drug-likeness (QED) is 0.791. The Bertz CT molecular complexity index is 882. The normalized spacial score (nSPS) is 21.4. The Morgan fingerprint density at radius 2 is 2.12 bits per heavy atom. The predicted octanol–water partition coefficient (Wildman–Crippen LogP) is 2.13. The van der Waals surface area contributed by atoms with Crippen LogP contribution in [0.5, 0.6) is 0 Å². The molecule has 1 fully saturated rings. The van der Waals surface area contributed by atoms with Crippen molar-refractivity contribution in [1.82, 2.24) is 15.3 Å². The number of methoxy groups -OCH3 is 1. The van der Waals surface area contributed by atoms with Gasteiger partial charge in [0, 0.05) is 37.3 Å². The molecule has 3 heterocycles. The summed E-state index contributed by atoms with van der Waals surface area (Å²) in [4.78, 5) is 24.6. The van der Waals surface area contributed by atoms with E-state index < -0.39 is 5.72 Å². The molecule has 0 radical (unpaired) electrons. The zero-order chi connectivity index (χ0) is 16.6. The van der Waals surface area contributed by atoms with Crippen molar-refractivity contribution < 1.29 is 9.53 Å². The van der Waals surface area contributed by atoms with Crippen LogP contribution in [0, 0.1) is 0 Å². The Kier molecular flexibility index (Phi) is 3.76. The first kappa shape index (κ1) is 15.2. The first-order valence-electron chi connectivity index (χ1n) is 7.62. The molecule has 3 aromatic rings. The van der Waals surface area contributed by atoms with Crippen LogP contribution in [-0.4, -0.2) is 36.1 Å². The van der Waals surface area contributed by atoms with Gasteiger partial charge in [0.05, 0.1) is 0 Å². The summed E-state index contributed by atoms with van der Waals surface area (Å²) in [6, 6.07) is 11.4. The van der Waals surface area contributed by atoms with Gasteiger partial charge in [-0.15, -0.1) is 11.3 Å². The van der Waals surface area contributed by atoms with Gasteiger partial charge in [-0.2, -0.15) is 0 Å². The van der Waals surface area contributed by atoms with Crippen molar-refractivity contribution >= 4 is 33.4 Å². The Balaban J connectivity index is 1.76. The van der Waals surface area contributed by atoms with Gasteiger partial charge in [0.2, 0.25) is 11.7 Å². The first-order valence-corrected chi connectivity index (χ1v) is 8.50. The smallest absolute Gasteiger partial charge is 0.281 e. The number of carbonyl (C=O) groups excluding carboxylic acids is 1. The minimum Gasteiger partial charge on any atom is -0.351 e. The van der Waals surface area contributed by atoms with E-state index >= 15 is 0 Å². The average molecular weight is 340 g/mol. The van der Waals surface area contributed by atoms with Crippen LogP contribution in [-0.2, 0) is 15.3 Å². The van der Waals surface area contributed by atoms with E-state index in [0.717, 1.165) is 15.8 Å². The number of amides is 1. The second kappa shape index (κ2) is 5.94. The van der Waals surface area contributed by atoms with E-state index in [1.807, 2.05) is 41.8 Å². The van der Waals surface area contributed by atoms with E-state index in [2.05, 4.69) is 15.3 Å². The lowest BCUT2D eigenvalue weighted by Gasteiger charge is -2.40. The molecule has 1 saturated heterocycles. The van der Waals surface area contributed by atoms with Gasteiger partial charge in [-0.25, -0.2) is 9.97 Å². The number of piperazine rings is 1. The number of hydrogen-bond donors (Lipinski definition) is 1. The van der Waals surface area contributed by atoms with Gasteiger partial charge in [0.15, 0.2) is 0 Å². The highest BCUT2D eigenvalue weighted by atomic mass is 32.1. The number of hydrogen-bond acceptors (Lipinski definition) is 6. The number of nitrogens with one attached hydrogen (secondary N) is 1. The maximum atomic E-state index is 13.2. The largest absolute Gasteiger partial charge is 0.351 e. The van der Waals surface area contributed by atoms with Crippen LogP contribution in [0.25, 0.3) is 10.2 Å². The number of rotatable bonds is 3. The van der Waals surface area contributed by atoms with Crippen molar-refractivity contribution in [2.45, 2.75) is 5.72 Å². The molecule has 0 bridgehead atoms. The molecule has 6 nitrogen and oxygen atoms in total. The van der Waals surface area contributed by atoms with Crippen LogP contribution < -0.4 is 10.2 Å². The molecule has 1 aliphatic rings. The molecule has 0 aliphatic carbocycles. The highest BCUT2D eigenvalue weighted by Gasteiger charge is 2.47. The molecule has 122 valence electrons. The van der Waals surface area contributed by atoms with Crippen LogP contribution in [0.2, 0.25) is 0 Å². The molecule has 1 amide bonds. The van der Waals surface area contributed by atoms with Gasteiger partial charge in [-0.05, 0) is 11.4 Å². The van der Waals surface area contributed by atoms with Crippen molar-refractivity contribution in [2.24, 2.45) is 0 Å². The molecule has 7 heteroatoms. The summed E-state index contributed by atoms with van der Waals surface area (Å²) >= 11 is 1.53.